The van der Waals surface area contributed by atoms with Crippen LogP contribution >= 0.6 is 0 Å². The van der Waals surface area contributed by atoms with Crippen molar-refractivity contribution < 1.29 is 9.18 Å². The van der Waals surface area contributed by atoms with Gasteiger partial charge in [0, 0.05) is 25.1 Å². The van der Waals surface area contributed by atoms with E-state index < -0.39 is 0 Å². The van der Waals surface area contributed by atoms with Crippen molar-refractivity contribution in [3.8, 4) is 5.69 Å². The Labute approximate surface area is 132 Å². The fourth-order valence-electron chi connectivity index (χ4n) is 2.78. The highest BCUT2D eigenvalue weighted by Crippen LogP contribution is 2.27. The summed E-state index contributed by atoms with van der Waals surface area (Å²) in [5, 5.41) is 4.28. The largest absolute Gasteiger partial charge is 0.306 e. The van der Waals surface area contributed by atoms with Crippen molar-refractivity contribution in [3.63, 3.8) is 0 Å². The van der Waals surface area contributed by atoms with Crippen molar-refractivity contribution in [2.24, 2.45) is 0 Å². The molecular weight excluding hydrogens is 295 g/mol. The number of rotatable bonds is 2. The zero-order valence-corrected chi connectivity index (χ0v) is 12.2. The minimum atomic E-state index is -0.341. The van der Waals surface area contributed by atoms with E-state index in [1.54, 1.807) is 41.7 Å². The normalized spacial score (nSPS) is 13.2. The molecular formula is C17H13FN4O. The molecule has 0 radical (unpaired) electrons. The third-order valence-corrected chi connectivity index (χ3v) is 3.90. The lowest BCUT2D eigenvalue weighted by Gasteiger charge is -2.15. The van der Waals surface area contributed by atoms with Gasteiger partial charge in [-0.15, -0.1) is 0 Å². The van der Waals surface area contributed by atoms with Crippen LogP contribution in [0, 0.1) is 5.82 Å². The molecule has 6 heteroatoms. The van der Waals surface area contributed by atoms with Gasteiger partial charge in [0.25, 0.3) is 5.91 Å². The second-order valence-electron chi connectivity index (χ2n) is 5.34. The molecule has 0 N–H and O–H groups in total. The number of carbonyl (C=O) groups is 1. The average Bonchev–Trinajstić information content (AvgIpc) is 3.22. The quantitative estimate of drug-likeness (QED) is 0.731. The van der Waals surface area contributed by atoms with Crippen LogP contribution in [0.5, 0.6) is 0 Å². The second-order valence-corrected chi connectivity index (χ2v) is 5.34. The Morgan fingerprint density at radius 1 is 1.22 bits per heavy atom. The van der Waals surface area contributed by atoms with Crippen molar-refractivity contribution in [3.05, 3.63) is 72.1 Å². The first-order chi connectivity index (χ1) is 11.2. The predicted octanol–water partition coefficient (Wildman–Crippen LogP) is 2.61. The molecule has 3 heterocycles. The average molecular weight is 308 g/mol. The molecule has 1 amide bonds. The van der Waals surface area contributed by atoms with Crippen molar-refractivity contribution in [1.29, 1.82) is 0 Å². The van der Waals surface area contributed by atoms with Crippen molar-refractivity contribution in [2.45, 2.75) is 6.42 Å². The Morgan fingerprint density at radius 2 is 2.13 bits per heavy atom. The molecule has 0 bridgehead atoms. The smallest absolute Gasteiger partial charge is 0.278 e. The standard InChI is InChI=1S/C17H13FN4O/c18-13-2-1-3-14(10-13)22-9-6-15(20-22)17(23)21-8-5-12-11-19-7-4-16(12)21/h1-4,6-7,9-11H,5,8H2. The van der Waals surface area contributed by atoms with E-state index in [1.165, 1.54) is 16.8 Å². The van der Waals surface area contributed by atoms with E-state index in [4.69, 9.17) is 0 Å². The fourth-order valence-corrected chi connectivity index (χ4v) is 2.78. The highest BCUT2D eigenvalue weighted by molar-refractivity contribution is 6.05. The van der Waals surface area contributed by atoms with Crippen LogP contribution in [-0.2, 0) is 6.42 Å². The van der Waals surface area contributed by atoms with Gasteiger partial charge in [0.1, 0.15) is 5.82 Å². The highest BCUT2D eigenvalue weighted by Gasteiger charge is 2.26. The lowest BCUT2D eigenvalue weighted by Crippen LogP contribution is -2.29. The highest BCUT2D eigenvalue weighted by atomic mass is 19.1. The molecule has 1 aromatic carbocycles. The van der Waals surface area contributed by atoms with Crippen LogP contribution in [0.25, 0.3) is 5.69 Å². The van der Waals surface area contributed by atoms with Crippen molar-refractivity contribution >= 4 is 11.6 Å². The SMILES string of the molecule is O=C(c1ccn(-c2cccc(F)c2)n1)N1CCc2cnccc21. The molecule has 4 rings (SSSR count). The molecule has 0 aliphatic carbocycles. The number of hydrogen-bond acceptors (Lipinski definition) is 3. The number of amides is 1. The van der Waals surface area contributed by atoms with Gasteiger partial charge >= 0.3 is 0 Å². The molecule has 5 nitrogen and oxygen atoms in total. The Hall–Kier alpha value is -3.02. The van der Waals surface area contributed by atoms with Crippen LogP contribution < -0.4 is 4.90 Å². The van der Waals surface area contributed by atoms with Gasteiger partial charge < -0.3 is 4.90 Å². The maximum atomic E-state index is 13.3. The molecule has 114 valence electrons. The number of halogens is 1. The van der Waals surface area contributed by atoms with E-state index >= 15 is 0 Å². The zero-order chi connectivity index (χ0) is 15.8. The number of hydrogen-bond donors (Lipinski definition) is 0. The number of benzene rings is 1. The Bertz CT molecular complexity index is 890. The summed E-state index contributed by atoms with van der Waals surface area (Å²) in [6.45, 7) is 0.618. The third-order valence-electron chi connectivity index (χ3n) is 3.90. The molecule has 23 heavy (non-hydrogen) atoms. The second kappa shape index (κ2) is 5.31. The number of aromatic nitrogens is 3. The van der Waals surface area contributed by atoms with Crippen molar-refractivity contribution in [2.75, 3.05) is 11.4 Å². The molecule has 1 aliphatic heterocycles. The van der Waals surface area contributed by atoms with Crippen LogP contribution in [0.15, 0.2) is 55.0 Å². The predicted molar refractivity (Wildman–Crippen MR) is 83.1 cm³/mol. The summed E-state index contributed by atoms with van der Waals surface area (Å²) in [6, 6.07) is 9.57. The van der Waals surface area contributed by atoms with E-state index in [0.717, 1.165) is 17.7 Å². The van der Waals surface area contributed by atoms with Gasteiger partial charge in [-0.25, -0.2) is 9.07 Å². The number of nitrogens with zero attached hydrogens (tertiary/aromatic N) is 4. The maximum absolute atomic E-state index is 13.3. The molecule has 2 aromatic heterocycles. The van der Waals surface area contributed by atoms with Gasteiger partial charge in [-0.3, -0.25) is 9.78 Å². The van der Waals surface area contributed by atoms with E-state index in [2.05, 4.69) is 10.1 Å². The summed E-state index contributed by atoms with van der Waals surface area (Å²) in [5.74, 6) is -0.503. The van der Waals surface area contributed by atoms with Crippen LogP contribution in [0.1, 0.15) is 16.1 Å². The first-order valence-electron chi connectivity index (χ1n) is 7.29. The topological polar surface area (TPSA) is 51.0 Å². The Balaban J connectivity index is 1.64. The van der Waals surface area contributed by atoms with E-state index in [1.807, 2.05) is 6.07 Å². The van der Waals surface area contributed by atoms with Crippen LogP contribution in [0.2, 0.25) is 0 Å². The summed E-state index contributed by atoms with van der Waals surface area (Å²) in [4.78, 5) is 18.5. The number of anilines is 1. The minimum Gasteiger partial charge on any atom is -0.306 e. The van der Waals surface area contributed by atoms with Gasteiger partial charge in [-0.1, -0.05) is 6.07 Å². The van der Waals surface area contributed by atoms with Gasteiger partial charge in [-0.05, 0) is 42.3 Å². The number of carbonyl (C=O) groups excluding carboxylic acids is 1. The molecule has 0 unspecified atom stereocenters. The van der Waals surface area contributed by atoms with Gasteiger partial charge in [0.05, 0.1) is 11.4 Å². The molecule has 0 saturated heterocycles. The molecule has 1 aliphatic rings. The molecule has 0 atom stereocenters. The molecule has 0 fully saturated rings. The first kappa shape index (κ1) is 13.6. The van der Waals surface area contributed by atoms with Gasteiger partial charge in [0.15, 0.2) is 5.69 Å². The van der Waals surface area contributed by atoms with Crippen LogP contribution in [0.4, 0.5) is 10.1 Å². The van der Waals surface area contributed by atoms with Crippen LogP contribution in [0.3, 0.4) is 0 Å². The van der Waals surface area contributed by atoms with E-state index in [-0.39, 0.29) is 11.7 Å². The summed E-state index contributed by atoms with van der Waals surface area (Å²) in [6.07, 6.45) is 5.91. The molecule has 0 spiro atoms. The van der Waals surface area contributed by atoms with Crippen LogP contribution in [-0.4, -0.2) is 27.2 Å². The Kier molecular flexibility index (Phi) is 3.15. The van der Waals surface area contributed by atoms with Gasteiger partial charge in [-0.2, -0.15) is 5.10 Å². The van der Waals surface area contributed by atoms with E-state index in [9.17, 15) is 9.18 Å². The lowest BCUT2D eigenvalue weighted by molar-refractivity contribution is 0.0984. The number of fused-ring (bicyclic) bond motifs is 1. The zero-order valence-electron chi connectivity index (χ0n) is 12.2. The number of pyridine rings is 1. The summed E-state index contributed by atoms with van der Waals surface area (Å²) >= 11 is 0. The van der Waals surface area contributed by atoms with E-state index in [0.29, 0.717) is 17.9 Å². The summed E-state index contributed by atoms with van der Waals surface area (Å²) in [7, 11) is 0. The fraction of sp³-hybridized carbons (Fsp3) is 0.118. The third kappa shape index (κ3) is 2.38. The summed E-state index contributed by atoms with van der Waals surface area (Å²) in [5.41, 5.74) is 2.85. The first-order valence-corrected chi connectivity index (χ1v) is 7.29. The minimum absolute atomic E-state index is 0.162. The maximum Gasteiger partial charge on any atom is 0.278 e. The van der Waals surface area contributed by atoms with Gasteiger partial charge in [0.2, 0.25) is 0 Å². The molecule has 3 aromatic rings. The lowest BCUT2D eigenvalue weighted by atomic mass is 10.2. The monoisotopic (exact) mass is 308 g/mol. The Morgan fingerprint density at radius 3 is 3.00 bits per heavy atom. The molecule has 0 saturated carbocycles. The summed E-state index contributed by atoms with van der Waals surface area (Å²) < 4.78 is 14.8. The van der Waals surface area contributed by atoms with Crippen molar-refractivity contribution in [1.82, 2.24) is 14.8 Å².